The van der Waals surface area contributed by atoms with Gasteiger partial charge in [-0.2, -0.15) is 13.2 Å². The van der Waals surface area contributed by atoms with Gasteiger partial charge in [0.05, 0.1) is 5.56 Å². The van der Waals surface area contributed by atoms with Crippen LogP contribution in [0.2, 0.25) is 0 Å². The van der Waals surface area contributed by atoms with Crippen molar-refractivity contribution >= 4 is 0 Å². The number of halogens is 5. The zero-order valence-corrected chi connectivity index (χ0v) is 9.85. The minimum absolute atomic E-state index is 0.258. The molecule has 2 aromatic rings. The summed E-state index contributed by atoms with van der Waals surface area (Å²) >= 11 is 0. The highest BCUT2D eigenvalue weighted by Gasteiger charge is 2.34. The summed E-state index contributed by atoms with van der Waals surface area (Å²) in [7, 11) is 0. The molecule has 0 saturated carbocycles. The lowest BCUT2D eigenvalue weighted by Gasteiger charge is -2.14. The second-order valence-corrected chi connectivity index (χ2v) is 4.08. The first-order valence-corrected chi connectivity index (χ1v) is 5.43. The number of rotatable bonds is 1. The lowest BCUT2D eigenvalue weighted by atomic mass is 9.97. The lowest BCUT2D eigenvalue weighted by molar-refractivity contribution is -0.137. The van der Waals surface area contributed by atoms with Crippen LogP contribution in [0.3, 0.4) is 0 Å². The molecule has 0 saturated heterocycles. The van der Waals surface area contributed by atoms with Crippen molar-refractivity contribution < 1.29 is 22.0 Å². The monoisotopic (exact) mass is 272 g/mol. The van der Waals surface area contributed by atoms with Gasteiger partial charge in [0.2, 0.25) is 0 Å². The number of alkyl halides is 3. The topological polar surface area (TPSA) is 0 Å². The molecule has 5 heteroatoms. The van der Waals surface area contributed by atoms with E-state index in [-0.39, 0.29) is 16.7 Å². The molecule has 0 radical (unpaired) electrons. The van der Waals surface area contributed by atoms with E-state index < -0.39 is 23.4 Å². The summed E-state index contributed by atoms with van der Waals surface area (Å²) < 4.78 is 65.6. The first-order valence-electron chi connectivity index (χ1n) is 5.43. The van der Waals surface area contributed by atoms with Gasteiger partial charge in [-0.25, -0.2) is 8.78 Å². The van der Waals surface area contributed by atoms with Crippen LogP contribution in [0.4, 0.5) is 22.0 Å². The van der Waals surface area contributed by atoms with Crippen molar-refractivity contribution in [1.29, 1.82) is 0 Å². The first-order chi connectivity index (χ1) is 8.82. The number of hydrogen-bond donors (Lipinski definition) is 0. The fourth-order valence-corrected chi connectivity index (χ4v) is 1.83. The first kappa shape index (κ1) is 13.5. The zero-order chi connectivity index (χ0) is 14.2. The molecule has 0 atom stereocenters. The van der Waals surface area contributed by atoms with Crippen LogP contribution in [0.15, 0.2) is 36.4 Å². The molecule has 0 unspecified atom stereocenters. The molecule has 0 heterocycles. The summed E-state index contributed by atoms with van der Waals surface area (Å²) in [5.41, 5.74) is -1.79. The average Bonchev–Trinajstić information content (AvgIpc) is 2.35. The van der Waals surface area contributed by atoms with Crippen molar-refractivity contribution in [2.24, 2.45) is 0 Å². The summed E-state index contributed by atoms with van der Waals surface area (Å²) in [5.74, 6) is -1.76. The Kier molecular flexibility index (Phi) is 3.30. The third kappa shape index (κ3) is 2.45. The number of hydrogen-bond acceptors (Lipinski definition) is 0. The zero-order valence-electron chi connectivity index (χ0n) is 9.85. The average molecular weight is 272 g/mol. The Labute approximate surface area is 106 Å². The fourth-order valence-electron chi connectivity index (χ4n) is 1.83. The Bertz CT molecular complexity index is 614. The van der Waals surface area contributed by atoms with E-state index in [1.54, 1.807) is 0 Å². The van der Waals surface area contributed by atoms with Gasteiger partial charge in [-0.05, 0) is 30.7 Å². The molecule has 0 aliphatic carbocycles. The molecule has 0 amide bonds. The Hall–Kier alpha value is -1.91. The minimum Gasteiger partial charge on any atom is -0.207 e. The Balaban J connectivity index is 2.70. The smallest absolute Gasteiger partial charge is 0.207 e. The van der Waals surface area contributed by atoms with Crippen molar-refractivity contribution in [2.45, 2.75) is 13.1 Å². The molecule has 0 fully saturated rings. The maximum atomic E-state index is 13.9. The second-order valence-electron chi connectivity index (χ2n) is 4.08. The van der Waals surface area contributed by atoms with E-state index in [0.29, 0.717) is 0 Å². The molecule has 0 nitrogen and oxygen atoms in total. The summed E-state index contributed by atoms with van der Waals surface area (Å²) in [6.45, 7) is 1.18. The van der Waals surface area contributed by atoms with E-state index in [0.717, 1.165) is 18.2 Å². The molecule has 0 aliphatic heterocycles. The van der Waals surface area contributed by atoms with Gasteiger partial charge in [0, 0.05) is 11.1 Å². The van der Waals surface area contributed by atoms with E-state index >= 15 is 0 Å². The van der Waals surface area contributed by atoms with Crippen LogP contribution in [0.25, 0.3) is 11.1 Å². The molecule has 0 spiro atoms. The van der Waals surface area contributed by atoms with Crippen molar-refractivity contribution in [3.63, 3.8) is 0 Å². The maximum absolute atomic E-state index is 13.9. The van der Waals surface area contributed by atoms with E-state index in [9.17, 15) is 22.0 Å². The summed E-state index contributed by atoms with van der Waals surface area (Å²) in [6, 6.07) is 6.61. The quantitative estimate of drug-likeness (QED) is 0.644. The number of benzene rings is 2. The van der Waals surface area contributed by atoms with Gasteiger partial charge in [-0.3, -0.25) is 0 Å². The van der Waals surface area contributed by atoms with E-state index in [2.05, 4.69) is 0 Å². The summed E-state index contributed by atoms with van der Waals surface area (Å²) in [4.78, 5) is 0. The highest BCUT2D eigenvalue weighted by molar-refractivity contribution is 5.69. The van der Waals surface area contributed by atoms with Gasteiger partial charge in [0.15, 0.2) is 0 Å². The predicted octanol–water partition coefficient (Wildman–Crippen LogP) is 4.96. The summed E-state index contributed by atoms with van der Waals surface area (Å²) in [5, 5.41) is 0. The molecular weight excluding hydrogens is 263 g/mol. The highest BCUT2D eigenvalue weighted by atomic mass is 19.4. The van der Waals surface area contributed by atoms with Crippen LogP contribution in [-0.2, 0) is 6.18 Å². The molecule has 0 aliphatic rings. The van der Waals surface area contributed by atoms with Crippen molar-refractivity contribution in [3.8, 4) is 11.1 Å². The largest absolute Gasteiger partial charge is 0.417 e. The van der Waals surface area contributed by atoms with Crippen LogP contribution < -0.4 is 0 Å². The van der Waals surface area contributed by atoms with Gasteiger partial charge in [-0.1, -0.05) is 18.2 Å². The van der Waals surface area contributed by atoms with Gasteiger partial charge in [0.25, 0.3) is 0 Å². The SMILES string of the molecule is Cc1c(F)ccc(-c2ccccc2C(F)(F)F)c1F. The van der Waals surface area contributed by atoms with E-state index in [1.807, 2.05) is 0 Å². The molecule has 100 valence electrons. The second kappa shape index (κ2) is 4.64. The molecule has 0 aromatic heterocycles. The molecule has 19 heavy (non-hydrogen) atoms. The third-order valence-electron chi connectivity index (χ3n) is 2.84. The predicted molar refractivity (Wildman–Crippen MR) is 61.5 cm³/mol. The Morgan fingerprint density at radius 3 is 2.11 bits per heavy atom. The fraction of sp³-hybridized carbons (Fsp3) is 0.143. The van der Waals surface area contributed by atoms with Crippen LogP contribution in [0, 0.1) is 18.6 Å². The maximum Gasteiger partial charge on any atom is 0.417 e. The van der Waals surface area contributed by atoms with Crippen LogP contribution in [0.1, 0.15) is 11.1 Å². The normalized spacial score (nSPS) is 11.7. The molecule has 0 N–H and O–H groups in total. The Morgan fingerprint density at radius 1 is 0.842 bits per heavy atom. The van der Waals surface area contributed by atoms with Crippen molar-refractivity contribution in [3.05, 3.63) is 59.2 Å². The molecule has 2 aromatic carbocycles. The van der Waals surface area contributed by atoms with Crippen LogP contribution in [0.5, 0.6) is 0 Å². The van der Waals surface area contributed by atoms with Gasteiger partial charge >= 0.3 is 6.18 Å². The van der Waals surface area contributed by atoms with Gasteiger partial charge in [0.1, 0.15) is 11.6 Å². The molecule has 0 bridgehead atoms. The van der Waals surface area contributed by atoms with Crippen molar-refractivity contribution in [2.75, 3.05) is 0 Å². The molecule has 2 rings (SSSR count). The molecular formula is C14H9F5. The van der Waals surface area contributed by atoms with Crippen molar-refractivity contribution in [1.82, 2.24) is 0 Å². The standard InChI is InChI=1S/C14H9F5/c1-8-12(15)7-6-10(13(8)16)9-4-2-3-5-11(9)14(17,18)19/h2-7H,1H3. The van der Waals surface area contributed by atoms with Gasteiger partial charge < -0.3 is 0 Å². The lowest BCUT2D eigenvalue weighted by Crippen LogP contribution is -2.07. The summed E-state index contributed by atoms with van der Waals surface area (Å²) in [6.07, 6.45) is -4.59. The van der Waals surface area contributed by atoms with E-state index in [1.165, 1.54) is 25.1 Å². The van der Waals surface area contributed by atoms with Gasteiger partial charge in [-0.15, -0.1) is 0 Å². The highest BCUT2D eigenvalue weighted by Crippen LogP contribution is 2.38. The third-order valence-corrected chi connectivity index (χ3v) is 2.84. The van der Waals surface area contributed by atoms with Crippen LogP contribution in [-0.4, -0.2) is 0 Å². The minimum atomic E-state index is -4.59. The van der Waals surface area contributed by atoms with Crippen LogP contribution >= 0.6 is 0 Å². The van der Waals surface area contributed by atoms with E-state index in [4.69, 9.17) is 0 Å². The Morgan fingerprint density at radius 2 is 1.47 bits per heavy atom.